The van der Waals surface area contributed by atoms with Gasteiger partial charge in [0.1, 0.15) is 4.99 Å². The Balaban J connectivity index is 2.77. The van der Waals surface area contributed by atoms with E-state index in [0.29, 0.717) is 11.5 Å². The van der Waals surface area contributed by atoms with E-state index in [2.05, 4.69) is 22.2 Å². The number of nitrogens with two attached hydrogens (primary N) is 1. The first-order valence-electron chi connectivity index (χ1n) is 3.15. The Morgan fingerprint density at radius 1 is 1.83 bits per heavy atom. The van der Waals surface area contributed by atoms with Crippen LogP contribution >= 0.6 is 12.2 Å². The molecule has 6 heteroatoms. The minimum absolute atomic E-state index is 0.102. The molecule has 0 saturated heterocycles. The van der Waals surface area contributed by atoms with E-state index >= 15 is 0 Å². The van der Waals surface area contributed by atoms with Gasteiger partial charge in [0, 0.05) is 11.9 Å². The number of aromatic amines is 1. The van der Waals surface area contributed by atoms with Crippen LogP contribution in [0.1, 0.15) is 11.5 Å². The molecule has 0 fully saturated rings. The summed E-state index contributed by atoms with van der Waals surface area (Å²) in [4.78, 5) is 16.8. The maximum absolute atomic E-state index is 10.2. The molecule has 1 rings (SSSR count). The van der Waals surface area contributed by atoms with E-state index in [1.165, 1.54) is 6.20 Å². The van der Waals surface area contributed by atoms with Gasteiger partial charge in [-0.2, -0.15) is 0 Å². The highest BCUT2D eigenvalue weighted by molar-refractivity contribution is 7.80. The van der Waals surface area contributed by atoms with Gasteiger partial charge >= 0.3 is 5.97 Å². The monoisotopic (exact) mass is 185 g/mol. The molecular weight excluding hydrogens is 178 g/mol. The number of rotatable bonds is 3. The number of imidazole rings is 1. The Labute approximate surface area is 73.6 Å². The van der Waals surface area contributed by atoms with Gasteiger partial charge in [-0.25, -0.2) is 4.98 Å². The fourth-order valence-electron chi connectivity index (χ4n) is 0.737. The Morgan fingerprint density at radius 3 is 2.92 bits per heavy atom. The number of nitrogens with one attached hydrogen (secondary N) is 1. The summed E-state index contributed by atoms with van der Waals surface area (Å²) in [5.41, 5.74) is 5.74. The molecule has 0 atom stereocenters. The Hall–Kier alpha value is -1.43. The van der Waals surface area contributed by atoms with E-state index in [9.17, 15) is 4.79 Å². The number of carboxylic acids is 1. The van der Waals surface area contributed by atoms with Gasteiger partial charge in [-0.3, -0.25) is 4.79 Å². The molecule has 0 bridgehead atoms. The first-order chi connectivity index (χ1) is 5.59. The van der Waals surface area contributed by atoms with Crippen molar-refractivity contribution in [1.29, 1.82) is 0 Å². The summed E-state index contributed by atoms with van der Waals surface area (Å²) in [5.74, 6) is -0.575. The SMILES string of the molecule is NC(=S)c1ncc(CC(=O)O)[nH]1. The molecule has 64 valence electrons. The standard InChI is InChI=1S/C6H7N3O2S/c7-5(12)6-8-2-3(9-6)1-4(10)11/h2H,1H2,(H2,7,12)(H,8,9)(H,10,11). The van der Waals surface area contributed by atoms with Crippen molar-refractivity contribution in [2.75, 3.05) is 0 Å². The van der Waals surface area contributed by atoms with Crippen molar-refractivity contribution < 1.29 is 9.90 Å². The van der Waals surface area contributed by atoms with Crippen molar-refractivity contribution in [2.45, 2.75) is 6.42 Å². The zero-order valence-electron chi connectivity index (χ0n) is 6.07. The fraction of sp³-hybridized carbons (Fsp3) is 0.167. The molecule has 0 aliphatic rings. The topological polar surface area (TPSA) is 92.0 Å². The first-order valence-corrected chi connectivity index (χ1v) is 3.56. The Morgan fingerprint density at radius 2 is 2.50 bits per heavy atom. The fourth-order valence-corrected chi connectivity index (χ4v) is 0.841. The van der Waals surface area contributed by atoms with Crippen LogP contribution in [0.15, 0.2) is 6.20 Å². The van der Waals surface area contributed by atoms with Crippen molar-refractivity contribution in [3.05, 3.63) is 17.7 Å². The number of thiocarbonyl (C=S) groups is 1. The van der Waals surface area contributed by atoms with Crippen LogP contribution in [0.25, 0.3) is 0 Å². The average molecular weight is 185 g/mol. The second-order valence-electron chi connectivity index (χ2n) is 2.19. The molecule has 12 heavy (non-hydrogen) atoms. The minimum Gasteiger partial charge on any atom is -0.481 e. The van der Waals surface area contributed by atoms with Crippen molar-refractivity contribution in [3.8, 4) is 0 Å². The highest BCUT2D eigenvalue weighted by atomic mass is 32.1. The molecule has 0 spiro atoms. The number of carbonyl (C=O) groups is 1. The van der Waals surface area contributed by atoms with Crippen LogP contribution in [0, 0.1) is 0 Å². The second kappa shape index (κ2) is 3.31. The molecule has 0 amide bonds. The van der Waals surface area contributed by atoms with Crippen molar-refractivity contribution >= 4 is 23.2 Å². The maximum atomic E-state index is 10.2. The molecule has 0 aliphatic heterocycles. The highest BCUT2D eigenvalue weighted by Crippen LogP contribution is 1.97. The van der Waals surface area contributed by atoms with Crippen LogP contribution in [0.3, 0.4) is 0 Å². The molecule has 0 radical (unpaired) electrons. The number of hydrogen-bond donors (Lipinski definition) is 3. The number of H-pyrrole nitrogens is 1. The summed E-state index contributed by atoms with van der Waals surface area (Å²) in [6, 6.07) is 0. The van der Waals surface area contributed by atoms with E-state index in [1.807, 2.05) is 0 Å². The maximum Gasteiger partial charge on any atom is 0.309 e. The molecule has 4 N–H and O–H groups in total. The zero-order chi connectivity index (χ0) is 9.14. The lowest BCUT2D eigenvalue weighted by Gasteiger charge is -1.90. The van der Waals surface area contributed by atoms with Gasteiger partial charge in [0.15, 0.2) is 5.82 Å². The summed E-state index contributed by atoms with van der Waals surface area (Å²) in [6.07, 6.45) is 1.30. The van der Waals surface area contributed by atoms with Gasteiger partial charge in [-0.05, 0) is 0 Å². The third kappa shape index (κ3) is 2.03. The molecule has 1 heterocycles. The largest absolute Gasteiger partial charge is 0.481 e. The third-order valence-corrected chi connectivity index (χ3v) is 1.40. The van der Waals surface area contributed by atoms with E-state index in [-0.39, 0.29) is 11.4 Å². The van der Waals surface area contributed by atoms with Crippen molar-refractivity contribution in [2.24, 2.45) is 5.73 Å². The van der Waals surface area contributed by atoms with Gasteiger partial charge in [0.05, 0.1) is 6.42 Å². The van der Waals surface area contributed by atoms with Gasteiger partial charge in [0.2, 0.25) is 0 Å². The Bertz CT molecular complexity index is 320. The average Bonchev–Trinajstić information content (AvgIpc) is 2.34. The van der Waals surface area contributed by atoms with E-state index < -0.39 is 5.97 Å². The lowest BCUT2D eigenvalue weighted by Crippen LogP contribution is -2.11. The molecular formula is C6H7N3O2S. The lowest BCUT2D eigenvalue weighted by molar-refractivity contribution is -0.136. The van der Waals surface area contributed by atoms with Crippen LogP contribution in [-0.2, 0) is 11.2 Å². The van der Waals surface area contributed by atoms with E-state index in [0.717, 1.165) is 0 Å². The summed E-state index contributed by atoms with van der Waals surface area (Å²) < 4.78 is 0. The zero-order valence-corrected chi connectivity index (χ0v) is 6.89. The quantitative estimate of drug-likeness (QED) is 0.561. The number of aliphatic carboxylic acids is 1. The van der Waals surface area contributed by atoms with Crippen LogP contribution in [0.2, 0.25) is 0 Å². The van der Waals surface area contributed by atoms with Crippen LogP contribution in [-0.4, -0.2) is 26.0 Å². The molecule has 0 aromatic carbocycles. The predicted molar refractivity (Wildman–Crippen MR) is 45.8 cm³/mol. The van der Waals surface area contributed by atoms with Crippen LogP contribution in [0.5, 0.6) is 0 Å². The van der Waals surface area contributed by atoms with E-state index in [4.69, 9.17) is 10.8 Å². The second-order valence-corrected chi connectivity index (χ2v) is 2.63. The van der Waals surface area contributed by atoms with Crippen LogP contribution < -0.4 is 5.73 Å². The summed E-state index contributed by atoms with van der Waals surface area (Å²) in [7, 11) is 0. The minimum atomic E-state index is -0.923. The summed E-state index contributed by atoms with van der Waals surface area (Å²) in [6.45, 7) is 0. The van der Waals surface area contributed by atoms with Gasteiger partial charge in [-0.1, -0.05) is 12.2 Å². The normalized spacial score (nSPS) is 9.67. The number of hydrogen-bond acceptors (Lipinski definition) is 3. The van der Waals surface area contributed by atoms with Gasteiger partial charge in [0.25, 0.3) is 0 Å². The summed E-state index contributed by atoms with van der Waals surface area (Å²) in [5, 5.41) is 8.40. The van der Waals surface area contributed by atoms with Crippen molar-refractivity contribution in [3.63, 3.8) is 0 Å². The van der Waals surface area contributed by atoms with Gasteiger partial charge in [-0.15, -0.1) is 0 Å². The van der Waals surface area contributed by atoms with Crippen molar-refractivity contribution in [1.82, 2.24) is 9.97 Å². The summed E-state index contributed by atoms with van der Waals surface area (Å²) >= 11 is 4.63. The first kappa shape index (κ1) is 8.66. The molecule has 1 aromatic rings. The molecule has 0 unspecified atom stereocenters. The highest BCUT2D eigenvalue weighted by Gasteiger charge is 2.05. The number of carboxylic acid groups (broad SMARTS) is 1. The molecule has 0 saturated carbocycles. The van der Waals surface area contributed by atoms with E-state index in [1.54, 1.807) is 0 Å². The molecule has 5 nitrogen and oxygen atoms in total. The van der Waals surface area contributed by atoms with Gasteiger partial charge < -0.3 is 15.8 Å². The third-order valence-electron chi connectivity index (χ3n) is 1.20. The Kier molecular flexibility index (Phi) is 2.39. The number of nitrogens with zero attached hydrogens (tertiary/aromatic N) is 1. The predicted octanol–water partition coefficient (Wildman–Crippen LogP) is -0.329. The lowest BCUT2D eigenvalue weighted by atomic mass is 10.3. The number of aromatic nitrogens is 2. The smallest absolute Gasteiger partial charge is 0.309 e. The molecule has 0 aliphatic carbocycles. The molecule has 1 aromatic heterocycles. The van der Waals surface area contributed by atoms with Crippen LogP contribution in [0.4, 0.5) is 0 Å².